The van der Waals surface area contributed by atoms with Gasteiger partial charge in [0.05, 0.1) is 20.3 Å². The molecule has 17 heavy (non-hydrogen) atoms. The fraction of sp³-hybridized carbons (Fsp3) is 0.571. The highest BCUT2D eigenvalue weighted by molar-refractivity contribution is 5.43. The molecule has 0 aliphatic heterocycles. The molecule has 3 nitrogen and oxygen atoms in total. The number of aliphatic hydroxyl groups excluding tert-OH is 1. The van der Waals surface area contributed by atoms with E-state index in [1.54, 1.807) is 14.2 Å². The molecule has 0 heterocycles. The SMILES string of the molecule is CCCCC[C@H](O)c1ccc(OC)c(OC)c1. The number of rotatable bonds is 7. The number of methoxy groups -OCH3 is 2. The van der Waals surface area contributed by atoms with Crippen molar-refractivity contribution < 1.29 is 14.6 Å². The number of benzene rings is 1. The summed E-state index contributed by atoms with van der Waals surface area (Å²) in [5.41, 5.74) is 0.888. The first-order chi connectivity index (χ1) is 8.22. The average molecular weight is 238 g/mol. The van der Waals surface area contributed by atoms with E-state index in [-0.39, 0.29) is 0 Å². The van der Waals surface area contributed by atoms with E-state index in [4.69, 9.17) is 9.47 Å². The Kier molecular flexibility index (Phi) is 5.84. The molecular weight excluding hydrogens is 216 g/mol. The van der Waals surface area contributed by atoms with Crippen LogP contribution in [0.1, 0.15) is 44.3 Å². The van der Waals surface area contributed by atoms with E-state index in [1.165, 1.54) is 6.42 Å². The Morgan fingerprint density at radius 1 is 1.12 bits per heavy atom. The fourth-order valence-corrected chi connectivity index (χ4v) is 1.81. The van der Waals surface area contributed by atoms with E-state index in [9.17, 15) is 5.11 Å². The van der Waals surface area contributed by atoms with E-state index in [0.717, 1.165) is 24.8 Å². The maximum atomic E-state index is 10.0. The van der Waals surface area contributed by atoms with Crippen molar-refractivity contribution in [2.45, 2.75) is 38.7 Å². The van der Waals surface area contributed by atoms with Gasteiger partial charge < -0.3 is 14.6 Å². The van der Waals surface area contributed by atoms with Gasteiger partial charge in [-0.05, 0) is 24.1 Å². The molecule has 0 spiro atoms. The van der Waals surface area contributed by atoms with Gasteiger partial charge in [-0.15, -0.1) is 0 Å². The molecule has 1 aromatic rings. The van der Waals surface area contributed by atoms with Gasteiger partial charge in [-0.25, -0.2) is 0 Å². The second-order valence-electron chi connectivity index (χ2n) is 4.13. The van der Waals surface area contributed by atoms with Crippen LogP contribution in [0.4, 0.5) is 0 Å². The van der Waals surface area contributed by atoms with E-state index in [0.29, 0.717) is 11.5 Å². The lowest BCUT2D eigenvalue weighted by Gasteiger charge is -2.14. The Bertz CT molecular complexity index is 336. The summed E-state index contributed by atoms with van der Waals surface area (Å²) in [6.07, 6.45) is 3.75. The molecule has 0 amide bonds. The zero-order valence-electron chi connectivity index (χ0n) is 10.9. The van der Waals surface area contributed by atoms with Crippen molar-refractivity contribution in [3.63, 3.8) is 0 Å². The van der Waals surface area contributed by atoms with Gasteiger partial charge in [0.25, 0.3) is 0 Å². The quantitative estimate of drug-likeness (QED) is 0.741. The summed E-state index contributed by atoms with van der Waals surface area (Å²) in [7, 11) is 3.21. The van der Waals surface area contributed by atoms with Crippen molar-refractivity contribution in [2.75, 3.05) is 14.2 Å². The number of aliphatic hydroxyl groups is 1. The van der Waals surface area contributed by atoms with Crippen LogP contribution >= 0.6 is 0 Å². The molecule has 0 fully saturated rings. The van der Waals surface area contributed by atoms with Gasteiger partial charge >= 0.3 is 0 Å². The van der Waals surface area contributed by atoms with Crippen molar-refractivity contribution in [1.29, 1.82) is 0 Å². The lowest BCUT2D eigenvalue weighted by atomic mass is 10.0. The predicted molar refractivity (Wildman–Crippen MR) is 68.6 cm³/mol. The summed E-state index contributed by atoms with van der Waals surface area (Å²) in [6.45, 7) is 2.16. The van der Waals surface area contributed by atoms with E-state index in [1.807, 2.05) is 18.2 Å². The third-order valence-corrected chi connectivity index (χ3v) is 2.87. The molecule has 0 aliphatic rings. The Morgan fingerprint density at radius 3 is 2.41 bits per heavy atom. The molecule has 0 saturated heterocycles. The van der Waals surface area contributed by atoms with Crippen LogP contribution < -0.4 is 9.47 Å². The summed E-state index contributed by atoms with van der Waals surface area (Å²) < 4.78 is 10.4. The highest BCUT2D eigenvalue weighted by atomic mass is 16.5. The van der Waals surface area contributed by atoms with E-state index >= 15 is 0 Å². The van der Waals surface area contributed by atoms with Crippen LogP contribution in [-0.4, -0.2) is 19.3 Å². The van der Waals surface area contributed by atoms with Crippen molar-refractivity contribution in [2.24, 2.45) is 0 Å². The van der Waals surface area contributed by atoms with Gasteiger partial charge in [0.2, 0.25) is 0 Å². The van der Waals surface area contributed by atoms with Crippen LogP contribution in [-0.2, 0) is 0 Å². The number of hydrogen-bond donors (Lipinski definition) is 1. The standard InChI is InChI=1S/C14H22O3/c1-4-5-6-7-12(15)11-8-9-13(16-2)14(10-11)17-3/h8-10,12,15H,4-7H2,1-3H3/t12-/m0/s1. The minimum atomic E-state index is -0.415. The molecule has 96 valence electrons. The zero-order chi connectivity index (χ0) is 12.7. The maximum Gasteiger partial charge on any atom is 0.161 e. The van der Waals surface area contributed by atoms with E-state index in [2.05, 4.69) is 6.92 Å². The summed E-state index contributed by atoms with van der Waals surface area (Å²) in [5, 5.41) is 10.0. The summed E-state index contributed by atoms with van der Waals surface area (Å²) in [5.74, 6) is 1.36. The van der Waals surface area contributed by atoms with Crippen molar-refractivity contribution in [3.8, 4) is 11.5 Å². The first-order valence-electron chi connectivity index (χ1n) is 6.13. The van der Waals surface area contributed by atoms with Crippen LogP contribution in [0, 0.1) is 0 Å². The minimum Gasteiger partial charge on any atom is -0.493 e. The van der Waals surface area contributed by atoms with E-state index < -0.39 is 6.10 Å². The summed E-state index contributed by atoms with van der Waals surface area (Å²) in [6, 6.07) is 5.56. The molecule has 0 saturated carbocycles. The topological polar surface area (TPSA) is 38.7 Å². The van der Waals surface area contributed by atoms with Gasteiger partial charge in [-0.3, -0.25) is 0 Å². The monoisotopic (exact) mass is 238 g/mol. The van der Waals surface area contributed by atoms with Crippen LogP contribution in [0.2, 0.25) is 0 Å². The van der Waals surface area contributed by atoms with Gasteiger partial charge in [0.15, 0.2) is 11.5 Å². The largest absolute Gasteiger partial charge is 0.493 e. The molecule has 0 aromatic heterocycles. The van der Waals surface area contributed by atoms with Gasteiger partial charge in [-0.2, -0.15) is 0 Å². The molecule has 0 unspecified atom stereocenters. The van der Waals surface area contributed by atoms with Crippen molar-refractivity contribution in [1.82, 2.24) is 0 Å². The first-order valence-corrected chi connectivity index (χ1v) is 6.13. The number of hydrogen-bond acceptors (Lipinski definition) is 3. The number of ether oxygens (including phenoxy) is 2. The van der Waals surface area contributed by atoms with Crippen LogP contribution in [0.5, 0.6) is 11.5 Å². The minimum absolute atomic E-state index is 0.415. The first kappa shape index (κ1) is 13.8. The summed E-state index contributed by atoms with van der Waals surface area (Å²) in [4.78, 5) is 0. The normalized spacial score (nSPS) is 12.2. The maximum absolute atomic E-state index is 10.0. The van der Waals surface area contributed by atoms with Gasteiger partial charge in [0, 0.05) is 0 Å². The van der Waals surface area contributed by atoms with Crippen molar-refractivity contribution in [3.05, 3.63) is 23.8 Å². The Morgan fingerprint density at radius 2 is 1.82 bits per heavy atom. The molecule has 0 radical (unpaired) electrons. The Hall–Kier alpha value is -1.22. The molecule has 1 atom stereocenters. The molecule has 0 aliphatic carbocycles. The van der Waals surface area contributed by atoms with Crippen molar-refractivity contribution >= 4 is 0 Å². The van der Waals surface area contributed by atoms with Crippen LogP contribution in [0.25, 0.3) is 0 Å². The summed E-state index contributed by atoms with van der Waals surface area (Å²) >= 11 is 0. The molecule has 1 aromatic carbocycles. The molecule has 3 heteroatoms. The Balaban J connectivity index is 2.70. The third kappa shape index (κ3) is 3.93. The second-order valence-corrected chi connectivity index (χ2v) is 4.13. The molecule has 1 rings (SSSR count). The molecule has 0 bridgehead atoms. The smallest absolute Gasteiger partial charge is 0.161 e. The van der Waals surface area contributed by atoms with Crippen LogP contribution in [0.15, 0.2) is 18.2 Å². The second kappa shape index (κ2) is 7.17. The lowest BCUT2D eigenvalue weighted by Crippen LogP contribution is -1.99. The highest BCUT2D eigenvalue weighted by Gasteiger charge is 2.11. The fourth-order valence-electron chi connectivity index (χ4n) is 1.81. The highest BCUT2D eigenvalue weighted by Crippen LogP contribution is 2.31. The molecule has 1 N–H and O–H groups in total. The predicted octanol–water partition coefficient (Wildman–Crippen LogP) is 3.32. The van der Waals surface area contributed by atoms with Gasteiger partial charge in [-0.1, -0.05) is 32.3 Å². The van der Waals surface area contributed by atoms with Gasteiger partial charge in [0.1, 0.15) is 0 Å². The van der Waals surface area contributed by atoms with Crippen LogP contribution in [0.3, 0.4) is 0 Å². The molecular formula is C14H22O3. The zero-order valence-corrected chi connectivity index (χ0v) is 10.9. The third-order valence-electron chi connectivity index (χ3n) is 2.87. The Labute approximate surface area is 103 Å². The lowest BCUT2D eigenvalue weighted by molar-refractivity contribution is 0.163. The average Bonchev–Trinajstić information content (AvgIpc) is 2.38. The number of unbranched alkanes of at least 4 members (excludes halogenated alkanes) is 2.